The number of nitrogens with zero attached hydrogens (tertiary/aromatic N) is 1. The van der Waals surface area contributed by atoms with E-state index in [0.29, 0.717) is 10.8 Å². The molecule has 3 rings (SSSR count). The van der Waals surface area contributed by atoms with Gasteiger partial charge in [-0.2, -0.15) is 0 Å². The molecule has 0 atom stereocenters. The molecule has 0 saturated heterocycles. The highest BCUT2D eigenvalue weighted by molar-refractivity contribution is 7.22. The molecule has 0 unspecified atom stereocenters. The van der Waals surface area contributed by atoms with Crippen molar-refractivity contribution in [2.75, 3.05) is 11.1 Å². The van der Waals surface area contributed by atoms with Gasteiger partial charge in [0.2, 0.25) is 0 Å². The number of carboxylic acids is 1. The lowest BCUT2D eigenvalue weighted by atomic mass is 10.1. The molecule has 4 N–H and O–H groups in total. The Balaban J connectivity index is 1.98. The van der Waals surface area contributed by atoms with Crippen LogP contribution in [0.2, 0.25) is 0 Å². The molecule has 5 nitrogen and oxygen atoms in total. The molecule has 100 valence electrons. The van der Waals surface area contributed by atoms with Crippen molar-refractivity contribution < 1.29 is 9.90 Å². The summed E-state index contributed by atoms with van der Waals surface area (Å²) in [7, 11) is 0. The van der Waals surface area contributed by atoms with E-state index < -0.39 is 5.97 Å². The molecule has 20 heavy (non-hydrogen) atoms. The fourth-order valence-corrected chi connectivity index (χ4v) is 2.78. The van der Waals surface area contributed by atoms with Crippen LogP contribution in [0.4, 0.5) is 16.5 Å². The topological polar surface area (TPSA) is 88.2 Å². The lowest BCUT2D eigenvalue weighted by Gasteiger charge is -2.08. The zero-order chi connectivity index (χ0) is 14.1. The predicted octanol–water partition coefficient (Wildman–Crippen LogP) is 3.32. The van der Waals surface area contributed by atoms with Gasteiger partial charge in [-0.15, -0.1) is 0 Å². The van der Waals surface area contributed by atoms with Gasteiger partial charge < -0.3 is 16.2 Å². The number of nitrogens with two attached hydrogens (primary N) is 1. The summed E-state index contributed by atoms with van der Waals surface area (Å²) in [5.74, 6) is -1.05. The number of thiazole rings is 1. The molecule has 0 aliphatic rings. The SMILES string of the molecule is Nc1c(Nc2nc3ccccc3s2)cccc1C(=O)O. The van der Waals surface area contributed by atoms with Gasteiger partial charge in [0.15, 0.2) is 5.13 Å². The summed E-state index contributed by atoms with van der Waals surface area (Å²) in [4.78, 5) is 15.5. The van der Waals surface area contributed by atoms with Gasteiger partial charge >= 0.3 is 5.97 Å². The van der Waals surface area contributed by atoms with E-state index in [1.165, 1.54) is 17.4 Å². The maximum Gasteiger partial charge on any atom is 0.337 e. The van der Waals surface area contributed by atoms with Crippen LogP contribution in [-0.2, 0) is 0 Å². The van der Waals surface area contributed by atoms with Crippen LogP contribution in [0.3, 0.4) is 0 Å². The number of aromatic nitrogens is 1. The molecule has 0 amide bonds. The second kappa shape index (κ2) is 4.82. The van der Waals surface area contributed by atoms with Crippen LogP contribution in [0.25, 0.3) is 10.2 Å². The largest absolute Gasteiger partial charge is 0.478 e. The number of nitrogen functional groups attached to an aromatic ring is 1. The number of anilines is 3. The summed E-state index contributed by atoms with van der Waals surface area (Å²) in [6.07, 6.45) is 0. The first-order chi connectivity index (χ1) is 9.65. The van der Waals surface area contributed by atoms with Crippen molar-refractivity contribution >= 4 is 44.0 Å². The molecule has 0 radical (unpaired) electrons. The minimum absolute atomic E-state index is 0.0797. The van der Waals surface area contributed by atoms with Crippen molar-refractivity contribution in [2.24, 2.45) is 0 Å². The Bertz CT molecular complexity index is 765. The van der Waals surface area contributed by atoms with Crippen molar-refractivity contribution in [1.29, 1.82) is 0 Å². The first-order valence-corrected chi connectivity index (χ1v) is 6.71. The van der Waals surface area contributed by atoms with Crippen LogP contribution in [0.15, 0.2) is 42.5 Å². The van der Waals surface area contributed by atoms with E-state index in [-0.39, 0.29) is 11.3 Å². The standard InChI is InChI=1S/C14H11N3O2S/c15-12-8(13(18)19)4-3-6-10(12)17-14-16-9-5-1-2-7-11(9)20-14/h1-7H,15H2,(H,16,17)(H,18,19). The van der Waals surface area contributed by atoms with Gasteiger partial charge in [-0.1, -0.05) is 29.5 Å². The third-order valence-corrected chi connectivity index (χ3v) is 3.82. The Morgan fingerprint density at radius 1 is 1.20 bits per heavy atom. The second-order valence-corrected chi connectivity index (χ2v) is 5.21. The van der Waals surface area contributed by atoms with Gasteiger partial charge in [-0.25, -0.2) is 9.78 Å². The molecule has 0 fully saturated rings. The molecule has 0 spiro atoms. The van der Waals surface area contributed by atoms with Crippen molar-refractivity contribution in [3.8, 4) is 0 Å². The second-order valence-electron chi connectivity index (χ2n) is 4.18. The van der Waals surface area contributed by atoms with Crippen LogP contribution in [-0.4, -0.2) is 16.1 Å². The Labute approximate surface area is 118 Å². The van der Waals surface area contributed by atoms with E-state index in [0.717, 1.165) is 10.2 Å². The van der Waals surface area contributed by atoms with E-state index in [4.69, 9.17) is 10.8 Å². The summed E-state index contributed by atoms with van der Waals surface area (Å²) in [6.45, 7) is 0. The molecule has 0 bridgehead atoms. The maximum absolute atomic E-state index is 11.0. The number of para-hydroxylation sites is 2. The number of nitrogens with one attached hydrogen (secondary N) is 1. The third kappa shape index (κ3) is 2.17. The van der Waals surface area contributed by atoms with Gasteiger partial charge in [0.25, 0.3) is 0 Å². The monoisotopic (exact) mass is 285 g/mol. The molecule has 0 aliphatic heterocycles. The highest BCUT2D eigenvalue weighted by Gasteiger charge is 2.12. The molecule has 0 saturated carbocycles. The van der Waals surface area contributed by atoms with Crippen LogP contribution in [0.5, 0.6) is 0 Å². The number of hydrogen-bond donors (Lipinski definition) is 3. The number of carboxylic acid groups (broad SMARTS) is 1. The van der Waals surface area contributed by atoms with Crippen molar-refractivity contribution in [1.82, 2.24) is 4.98 Å². The smallest absolute Gasteiger partial charge is 0.337 e. The lowest BCUT2D eigenvalue weighted by molar-refractivity contribution is 0.0698. The average Bonchev–Trinajstić information content (AvgIpc) is 2.83. The number of carbonyl (C=O) groups is 1. The zero-order valence-corrected chi connectivity index (χ0v) is 11.1. The first kappa shape index (κ1) is 12.4. The average molecular weight is 285 g/mol. The Hall–Kier alpha value is -2.60. The molecular formula is C14H11N3O2S. The van der Waals surface area contributed by atoms with Crippen LogP contribution >= 0.6 is 11.3 Å². The minimum atomic E-state index is -1.05. The summed E-state index contributed by atoms with van der Waals surface area (Å²) in [5, 5.41) is 12.8. The van der Waals surface area contributed by atoms with Gasteiger partial charge in [0.1, 0.15) is 0 Å². The number of benzene rings is 2. The normalized spacial score (nSPS) is 10.6. The molecule has 0 aliphatic carbocycles. The van der Waals surface area contributed by atoms with Gasteiger partial charge in [-0.05, 0) is 24.3 Å². The van der Waals surface area contributed by atoms with Crippen LogP contribution < -0.4 is 11.1 Å². The quantitative estimate of drug-likeness (QED) is 0.642. The Kier molecular flexibility index (Phi) is 3.00. The number of rotatable bonds is 3. The molecule has 3 aromatic rings. The minimum Gasteiger partial charge on any atom is -0.478 e. The van der Waals surface area contributed by atoms with Gasteiger partial charge in [0, 0.05) is 0 Å². The summed E-state index contributed by atoms with van der Waals surface area (Å²) in [5.41, 5.74) is 7.59. The van der Waals surface area contributed by atoms with Crippen molar-refractivity contribution in [3.05, 3.63) is 48.0 Å². The fourth-order valence-electron chi connectivity index (χ4n) is 1.90. The van der Waals surface area contributed by atoms with Gasteiger partial charge in [0.05, 0.1) is 27.2 Å². The van der Waals surface area contributed by atoms with Crippen molar-refractivity contribution in [2.45, 2.75) is 0 Å². The van der Waals surface area contributed by atoms with Crippen LogP contribution in [0, 0.1) is 0 Å². The number of aromatic carboxylic acids is 1. The number of fused-ring (bicyclic) bond motifs is 1. The summed E-state index contributed by atoms with van der Waals surface area (Å²) < 4.78 is 1.06. The maximum atomic E-state index is 11.0. The van der Waals surface area contributed by atoms with E-state index in [2.05, 4.69) is 10.3 Å². The Morgan fingerprint density at radius 2 is 2.00 bits per heavy atom. The molecule has 1 aromatic heterocycles. The number of hydrogen-bond acceptors (Lipinski definition) is 5. The zero-order valence-electron chi connectivity index (χ0n) is 10.3. The van der Waals surface area contributed by atoms with E-state index in [1.807, 2.05) is 24.3 Å². The van der Waals surface area contributed by atoms with E-state index in [1.54, 1.807) is 12.1 Å². The highest BCUT2D eigenvalue weighted by Crippen LogP contribution is 2.31. The molecule has 1 heterocycles. The predicted molar refractivity (Wildman–Crippen MR) is 80.7 cm³/mol. The summed E-state index contributed by atoms with van der Waals surface area (Å²) in [6, 6.07) is 12.6. The molecular weight excluding hydrogens is 274 g/mol. The third-order valence-electron chi connectivity index (χ3n) is 2.87. The highest BCUT2D eigenvalue weighted by atomic mass is 32.1. The van der Waals surface area contributed by atoms with Gasteiger partial charge in [-0.3, -0.25) is 0 Å². The first-order valence-electron chi connectivity index (χ1n) is 5.89. The molecule has 6 heteroatoms. The van der Waals surface area contributed by atoms with E-state index in [9.17, 15) is 4.79 Å². The van der Waals surface area contributed by atoms with Crippen LogP contribution in [0.1, 0.15) is 10.4 Å². The van der Waals surface area contributed by atoms with E-state index >= 15 is 0 Å². The fraction of sp³-hybridized carbons (Fsp3) is 0. The van der Waals surface area contributed by atoms with Crippen molar-refractivity contribution in [3.63, 3.8) is 0 Å². The Morgan fingerprint density at radius 3 is 2.75 bits per heavy atom. The summed E-state index contributed by atoms with van der Waals surface area (Å²) >= 11 is 1.49. The lowest BCUT2D eigenvalue weighted by Crippen LogP contribution is -2.05. The molecule has 2 aromatic carbocycles.